The number of methoxy groups -OCH3 is 1. The molecule has 1 aliphatic rings. The van der Waals surface area contributed by atoms with Gasteiger partial charge >= 0.3 is 0 Å². The van der Waals surface area contributed by atoms with E-state index in [-0.39, 0.29) is 11.3 Å². The summed E-state index contributed by atoms with van der Waals surface area (Å²) >= 11 is 1.46. The zero-order valence-corrected chi connectivity index (χ0v) is 17.7. The highest BCUT2D eigenvalue weighted by Gasteiger charge is 2.48. The van der Waals surface area contributed by atoms with Crippen molar-refractivity contribution < 1.29 is 19.4 Å². The first-order valence-electron chi connectivity index (χ1n) is 9.49. The molecule has 2 heterocycles. The van der Waals surface area contributed by atoms with Gasteiger partial charge in [-0.05, 0) is 54.6 Å². The molecule has 1 aliphatic heterocycles. The van der Waals surface area contributed by atoms with Crippen LogP contribution in [-0.4, -0.2) is 23.9 Å². The van der Waals surface area contributed by atoms with Crippen LogP contribution in [0.2, 0.25) is 0 Å². The summed E-state index contributed by atoms with van der Waals surface area (Å²) in [7, 11) is 1.53. The fourth-order valence-electron chi connectivity index (χ4n) is 3.75. The fourth-order valence-corrected chi connectivity index (χ4v) is 4.78. The molecule has 2 aromatic carbocycles. The van der Waals surface area contributed by atoms with E-state index < -0.39 is 17.7 Å². The van der Waals surface area contributed by atoms with Crippen LogP contribution >= 0.6 is 11.3 Å². The van der Waals surface area contributed by atoms with Crippen LogP contribution in [0.4, 0.5) is 5.69 Å². The second-order valence-electron chi connectivity index (χ2n) is 7.16. The molecule has 30 heavy (non-hydrogen) atoms. The first-order valence-corrected chi connectivity index (χ1v) is 10.4. The lowest BCUT2D eigenvalue weighted by molar-refractivity contribution is -0.132. The number of carbonyl (C=O) groups is 2. The van der Waals surface area contributed by atoms with Crippen LogP contribution in [0.15, 0.2) is 65.6 Å². The predicted octanol–water partition coefficient (Wildman–Crippen LogP) is 5.00. The zero-order valence-electron chi connectivity index (χ0n) is 16.9. The van der Waals surface area contributed by atoms with Gasteiger partial charge in [0, 0.05) is 16.1 Å². The van der Waals surface area contributed by atoms with Gasteiger partial charge in [0.05, 0.1) is 12.7 Å². The van der Waals surface area contributed by atoms with Gasteiger partial charge in [0.25, 0.3) is 11.7 Å². The van der Waals surface area contributed by atoms with Crippen LogP contribution in [0.1, 0.15) is 27.6 Å². The molecule has 0 aliphatic carbocycles. The van der Waals surface area contributed by atoms with E-state index in [1.165, 1.54) is 23.3 Å². The average Bonchev–Trinajstić information content (AvgIpc) is 3.29. The van der Waals surface area contributed by atoms with Gasteiger partial charge in [0.15, 0.2) is 0 Å². The summed E-state index contributed by atoms with van der Waals surface area (Å²) < 4.78 is 5.25. The van der Waals surface area contributed by atoms with Crippen molar-refractivity contribution in [1.29, 1.82) is 0 Å². The van der Waals surface area contributed by atoms with Crippen LogP contribution in [-0.2, 0) is 9.59 Å². The second-order valence-corrected chi connectivity index (χ2v) is 8.10. The summed E-state index contributed by atoms with van der Waals surface area (Å²) in [6, 6.07) is 15.5. The average molecular weight is 420 g/mol. The largest absolute Gasteiger partial charge is 0.507 e. The SMILES string of the molecule is COc1cccc(/C(O)=C2/C(=O)C(=O)N(c3ccccc3C)C2c2sccc2C)c1. The molecule has 1 saturated heterocycles. The number of nitrogens with zero attached hydrogens (tertiary/aromatic N) is 1. The van der Waals surface area contributed by atoms with Gasteiger partial charge in [0.1, 0.15) is 17.6 Å². The predicted molar refractivity (Wildman–Crippen MR) is 118 cm³/mol. The summed E-state index contributed by atoms with van der Waals surface area (Å²) in [5.41, 5.74) is 3.00. The Morgan fingerprint density at radius 1 is 1.03 bits per heavy atom. The van der Waals surface area contributed by atoms with Gasteiger partial charge < -0.3 is 9.84 Å². The number of hydrogen-bond donors (Lipinski definition) is 1. The third kappa shape index (κ3) is 3.19. The van der Waals surface area contributed by atoms with Gasteiger partial charge in [0.2, 0.25) is 0 Å². The number of ether oxygens (including phenoxy) is 1. The first kappa shape index (κ1) is 19.9. The third-order valence-electron chi connectivity index (χ3n) is 5.31. The number of anilines is 1. The third-order valence-corrected chi connectivity index (χ3v) is 6.38. The Balaban J connectivity index is 1.97. The van der Waals surface area contributed by atoms with Crippen molar-refractivity contribution in [3.63, 3.8) is 0 Å². The number of ketones is 1. The number of aryl methyl sites for hydroxylation is 2. The Hall–Kier alpha value is -3.38. The number of thiophene rings is 1. The van der Waals surface area contributed by atoms with E-state index in [4.69, 9.17) is 4.74 Å². The molecule has 1 atom stereocenters. The summed E-state index contributed by atoms with van der Waals surface area (Å²) in [4.78, 5) is 28.7. The van der Waals surface area contributed by atoms with Crippen molar-refractivity contribution >= 4 is 34.5 Å². The quantitative estimate of drug-likeness (QED) is 0.367. The number of aliphatic hydroxyl groups excluding tert-OH is 1. The maximum atomic E-state index is 13.2. The molecule has 1 fully saturated rings. The molecule has 1 unspecified atom stereocenters. The Morgan fingerprint density at radius 3 is 2.47 bits per heavy atom. The number of amides is 1. The number of hydrogen-bond acceptors (Lipinski definition) is 5. The Morgan fingerprint density at radius 2 is 1.80 bits per heavy atom. The Labute approximate surface area is 178 Å². The van der Waals surface area contributed by atoms with Crippen molar-refractivity contribution in [1.82, 2.24) is 0 Å². The van der Waals surface area contributed by atoms with Crippen molar-refractivity contribution in [3.05, 3.63) is 87.1 Å². The van der Waals surface area contributed by atoms with E-state index in [1.54, 1.807) is 24.3 Å². The summed E-state index contributed by atoms with van der Waals surface area (Å²) in [6.45, 7) is 3.84. The van der Waals surface area contributed by atoms with E-state index in [0.29, 0.717) is 17.0 Å². The number of benzene rings is 2. The minimum absolute atomic E-state index is 0.0852. The second kappa shape index (κ2) is 7.80. The van der Waals surface area contributed by atoms with Crippen LogP contribution in [0, 0.1) is 13.8 Å². The van der Waals surface area contributed by atoms with Crippen LogP contribution < -0.4 is 9.64 Å². The highest BCUT2D eigenvalue weighted by atomic mass is 32.1. The molecule has 0 radical (unpaired) electrons. The fraction of sp³-hybridized carbons (Fsp3) is 0.167. The molecule has 0 saturated carbocycles. The standard InChI is InChI=1S/C24H21NO4S/c1-14-7-4-5-10-18(14)25-20(23-15(2)11-12-30-23)19(22(27)24(25)28)21(26)16-8-6-9-17(13-16)29-3/h4-13,20,26H,1-3H3/b21-19-. The minimum Gasteiger partial charge on any atom is -0.507 e. The maximum absolute atomic E-state index is 13.2. The number of para-hydroxylation sites is 1. The molecule has 1 aromatic heterocycles. The molecule has 4 rings (SSSR count). The molecular weight excluding hydrogens is 398 g/mol. The smallest absolute Gasteiger partial charge is 0.300 e. The lowest BCUT2D eigenvalue weighted by Gasteiger charge is -2.26. The summed E-state index contributed by atoms with van der Waals surface area (Å²) in [6.07, 6.45) is 0. The molecule has 152 valence electrons. The highest BCUT2D eigenvalue weighted by Crippen LogP contribution is 2.45. The van der Waals surface area contributed by atoms with Crippen molar-refractivity contribution in [2.45, 2.75) is 19.9 Å². The van der Waals surface area contributed by atoms with Crippen LogP contribution in [0.25, 0.3) is 5.76 Å². The van der Waals surface area contributed by atoms with Crippen molar-refractivity contribution in [3.8, 4) is 5.75 Å². The van der Waals surface area contributed by atoms with Gasteiger partial charge in [-0.3, -0.25) is 14.5 Å². The van der Waals surface area contributed by atoms with Crippen molar-refractivity contribution in [2.24, 2.45) is 0 Å². The molecule has 1 N–H and O–H groups in total. The van der Waals surface area contributed by atoms with Crippen molar-refractivity contribution in [2.75, 3.05) is 12.0 Å². The number of rotatable bonds is 4. The highest BCUT2D eigenvalue weighted by molar-refractivity contribution is 7.10. The zero-order chi connectivity index (χ0) is 21.4. The lowest BCUT2D eigenvalue weighted by atomic mass is 9.98. The lowest BCUT2D eigenvalue weighted by Crippen LogP contribution is -2.30. The molecule has 5 nitrogen and oxygen atoms in total. The number of carbonyl (C=O) groups excluding carboxylic acids is 2. The number of aliphatic hydroxyl groups is 1. The first-order chi connectivity index (χ1) is 14.4. The minimum atomic E-state index is -0.698. The van der Waals surface area contributed by atoms with Gasteiger partial charge in [-0.1, -0.05) is 30.3 Å². The monoisotopic (exact) mass is 419 g/mol. The molecule has 6 heteroatoms. The van der Waals surface area contributed by atoms with Crippen LogP contribution in [0.5, 0.6) is 5.75 Å². The van der Waals surface area contributed by atoms with E-state index in [2.05, 4.69) is 0 Å². The van der Waals surface area contributed by atoms with Gasteiger partial charge in [-0.25, -0.2) is 0 Å². The van der Waals surface area contributed by atoms with E-state index >= 15 is 0 Å². The van der Waals surface area contributed by atoms with Gasteiger partial charge in [-0.2, -0.15) is 0 Å². The molecular formula is C24H21NO4S. The summed E-state index contributed by atoms with van der Waals surface area (Å²) in [5, 5.41) is 13.1. The number of Topliss-reactive ketones (excluding diaryl/α,β-unsaturated/α-hetero) is 1. The molecule has 1 amide bonds. The molecule has 0 bridgehead atoms. The van der Waals surface area contributed by atoms with Gasteiger partial charge in [-0.15, -0.1) is 11.3 Å². The van der Waals surface area contributed by atoms with E-state index in [9.17, 15) is 14.7 Å². The maximum Gasteiger partial charge on any atom is 0.300 e. The molecule has 3 aromatic rings. The Kier molecular flexibility index (Phi) is 5.18. The Bertz CT molecular complexity index is 1180. The molecule has 0 spiro atoms. The van der Waals surface area contributed by atoms with E-state index in [0.717, 1.165) is 16.0 Å². The normalized spacial score (nSPS) is 18.1. The summed E-state index contributed by atoms with van der Waals surface area (Å²) in [5.74, 6) is -1.000. The topological polar surface area (TPSA) is 66.8 Å². The van der Waals surface area contributed by atoms with E-state index in [1.807, 2.05) is 49.6 Å². The van der Waals surface area contributed by atoms with Crippen LogP contribution in [0.3, 0.4) is 0 Å².